The lowest BCUT2D eigenvalue weighted by Crippen LogP contribution is -2.06. The van der Waals surface area contributed by atoms with Gasteiger partial charge in [0.25, 0.3) is 0 Å². The van der Waals surface area contributed by atoms with Crippen LogP contribution in [0.4, 0.5) is 11.5 Å². The van der Waals surface area contributed by atoms with Crippen LogP contribution in [0.2, 0.25) is 4.34 Å². The molecule has 2 aromatic heterocycles. The van der Waals surface area contributed by atoms with E-state index >= 15 is 0 Å². The third kappa shape index (κ3) is 2.84. The molecule has 1 aromatic carbocycles. The SMILES string of the molecule is Nc1ccc2c(NCCc3ccc(Cl)s3)ncnc2c1. The van der Waals surface area contributed by atoms with Crippen LogP contribution in [-0.4, -0.2) is 16.5 Å². The van der Waals surface area contributed by atoms with Crippen LogP contribution in [0, 0.1) is 0 Å². The van der Waals surface area contributed by atoms with Crippen molar-refractivity contribution >= 4 is 45.3 Å². The molecule has 3 aromatic rings. The van der Waals surface area contributed by atoms with E-state index in [1.54, 1.807) is 17.7 Å². The average molecular weight is 305 g/mol. The smallest absolute Gasteiger partial charge is 0.137 e. The van der Waals surface area contributed by atoms with Gasteiger partial charge in [-0.2, -0.15) is 0 Å². The number of nitrogen functional groups attached to an aromatic ring is 1. The molecule has 4 nitrogen and oxygen atoms in total. The van der Waals surface area contributed by atoms with Gasteiger partial charge >= 0.3 is 0 Å². The Balaban J connectivity index is 1.74. The molecule has 0 unspecified atom stereocenters. The molecular weight excluding hydrogens is 292 g/mol. The van der Waals surface area contributed by atoms with Gasteiger partial charge in [-0.05, 0) is 36.8 Å². The third-order valence-corrected chi connectivity index (χ3v) is 4.24. The van der Waals surface area contributed by atoms with E-state index < -0.39 is 0 Å². The molecule has 20 heavy (non-hydrogen) atoms. The van der Waals surface area contributed by atoms with Crippen molar-refractivity contribution in [3.05, 3.63) is 45.9 Å². The first-order valence-electron chi connectivity index (χ1n) is 6.21. The van der Waals surface area contributed by atoms with Crippen LogP contribution < -0.4 is 11.1 Å². The molecule has 0 saturated carbocycles. The van der Waals surface area contributed by atoms with Crippen molar-refractivity contribution in [1.82, 2.24) is 9.97 Å². The second kappa shape index (κ2) is 5.64. The van der Waals surface area contributed by atoms with Gasteiger partial charge in [0, 0.05) is 22.5 Å². The Bertz CT molecular complexity index is 741. The molecule has 0 amide bonds. The fourth-order valence-corrected chi connectivity index (χ4v) is 3.09. The van der Waals surface area contributed by atoms with E-state index in [9.17, 15) is 0 Å². The predicted octanol–water partition coefficient (Wildman–Crippen LogP) is 3.58. The van der Waals surface area contributed by atoms with Gasteiger partial charge in [0.1, 0.15) is 12.1 Å². The first kappa shape index (κ1) is 13.1. The number of thiophene rings is 1. The third-order valence-electron chi connectivity index (χ3n) is 2.95. The van der Waals surface area contributed by atoms with Crippen molar-refractivity contribution in [2.75, 3.05) is 17.6 Å². The van der Waals surface area contributed by atoms with Crippen LogP contribution in [0.15, 0.2) is 36.7 Å². The summed E-state index contributed by atoms with van der Waals surface area (Å²) in [6, 6.07) is 9.62. The van der Waals surface area contributed by atoms with Gasteiger partial charge in [-0.15, -0.1) is 11.3 Å². The average Bonchev–Trinajstić information content (AvgIpc) is 2.84. The molecule has 0 radical (unpaired) electrons. The number of fused-ring (bicyclic) bond motifs is 1. The highest BCUT2D eigenvalue weighted by Crippen LogP contribution is 2.23. The van der Waals surface area contributed by atoms with Gasteiger partial charge in [-0.3, -0.25) is 0 Å². The molecule has 0 bridgehead atoms. The van der Waals surface area contributed by atoms with Crippen LogP contribution in [0.5, 0.6) is 0 Å². The number of hydrogen-bond donors (Lipinski definition) is 2. The van der Waals surface area contributed by atoms with E-state index in [-0.39, 0.29) is 0 Å². The zero-order chi connectivity index (χ0) is 13.9. The molecule has 0 spiro atoms. The lowest BCUT2D eigenvalue weighted by Gasteiger charge is -2.07. The molecule has 0 fully saturated rings. The Morgan fingerprint density at radius 3 is 2.90 bits per heavy atom. The lowest BCUT2D eigenvalue weighted by atomic mass is 10.2. The summed E-state index contributed by atoms with van der Waals surface area (Å²) in [7, 11) is 0. The van der Waals surface area contributed by atoms with E-state index in [4.69, 9.17) is 17.3 Å². The van der Waals surface area contributed by atoms with Crippen LogP contribution >= 0.6 is 22.9 Å². The van der Waals surface area contributed by atoms with Gasteiger partial charge in [0.05, 0.1) is 9.85 Å². The minimum atomic E-state index is 0.704. The van der Waals surface area contributed by atoms with Crippen LogP contribution in [0.3, 0.4) is 0 Å². The van der Waals surface area contributed by atoms with Crippen LogP contribution in [-0.2, 0) is 6.42 Å². The summed E-state index contributed by atoms with van der Waals surface area (Å²) >= 11 is 7.52. The zero-order valence-electron chi connectivity index (χ0n) is 10.6. The summed E-state index contributed by atoms with van der Waals surface area (Å²) in [6.07, 6.45) is 2.46. The highest BCUT2D eigenvalue weighted by atomic mass is 35.5. The fourth-order valence-electron chi connectivity index (χ4n) is 2.01. The zero-order valence-corrected chi connectivity index (χ0v) is 12.2. The summed E-state index contributed by atoms with van der Waals surface area (Å²) in [6.45, 7) is 0.799. The summed E-state index contributed by atoms with van der Waals surface area (Å²) in [5.41, 5.74) is 7.31. The maximum absolute atomic E-state index is 5.91. The van der Waals surface area contributed by atoms with E-state index in [0.717, 1.165) is 34.0 Å². The second-order valence-corrected chi connectivity index (χ2v) is 6.18. The van der Waals surface area contributed by atoms with Crippen LogP contribution in [0.25, 0.3) is 10.9 Å². The van der Waals surface area contributed by atoms with Crippen molar-refractivity contribution in [2.24, 2.45) is 0 Å². The number of anilines is 2. The summed E-state index contributed by atoms with van der Waals surface area (Å²) < 4.78 is 0.822. The number of nitrogens with two attached hydrogens (primary N) is 1. The molecule has 0 atom stereocenters. The van der Waals surface area contributed by atoms with E-state index in [2.05, 4.69) is 15.3 Å². The summed E-state index contributed by atoms with van der Waals surface area (Å²) in [5.74, 6) is 0.831. The summed E-state index contributed by atoms with van der Waals surface area (Å²) in [4.78, 5) is 9.77. The Labute approximate surface area is 125 Å². The van der Waals surface area contributed by atoms with Gasteiger partial charge < -0.3 is 11.1 Å². The maximum atomic E-state index is 5.91. The normalized spacial score (nSPS) is 10.8. The van der Waals surface area contributed by atoms with Gasteiger partial charge in [0.15, 0.2) is 0 Å². The molecule has 0 aliphatic rings. The quantitative estimate of drug-likeness (QED) is 0.723. The number of halogens is 1. The van der Waals surface area contributed by atoms with E-state index in [1.165, 1.54) is 4.88 Å². The van der Waals surface area contributed by atoms with Crippen molar-refractivity contribution in [3.8, 4) is 0 Å². The Morgan fingerprint density at radius 1 is 1.20 bits per heavy atom. The minimum absolute atomic E-state index is 0.704. The molecule has 2 heterocycles. The largest absolute Gasteiger partial charge is 0.399 e. The monoisotopic (exact) mass is 304 g/mol. The van der Waals surface area contributed by atoms with Gasteiger partial charge in [-0.25, -0.2) is 9.97 Å². The first-order chi connectivity index (χ1) is 9.72. The highest BCUT2D eigenvalue weighted by Gasteiger charge is 2.04. The minimum Gasteiger partial charge on any atom is -0.399 e. The second-order valence-electron chi connectivity index (χ2n) is 4.38. The van der Waals surface area contributed by atoms with Gasteiger partial charge in [-0.1, -0.05) is 11.6 Å². The van der Waals surface area contributed by atoms with Crippen molar-refractivity contribution in [1.29, 1.82) is 0 Å². The van der Waals surface area contributed by atoms with Gasteiger partial charge in [0.2, 0.25) is 0 Å². The number of aromatic nitrogens is 2. The van der Waals surface area contributed by atoms with Crippen LogP contribution in [0.1, 0.15) is 4.88 Å². The van der Waals surface area contributed by atoms with Crippen molar-refractivity contribution < 1.29 is 0 Å². The fraction of sp³-hybridized carbons (Fsp3) is 0.143. The number of rotatable bonds is 4. The van der Waals surface area contributed by atoms with E-state index in [0.29, 0.717) is 5.69 Å². The molecule has 0 aliphatic heterocycles. The topological polar surface area (TPSA) is 63.8 Å². The maximum Gasteiger partial charge on any atom is 0.137 e. The Morgan fingerprint density at radius 2 is 2.10 bits per heavy atom. The summed E-state index contributed by atoms with van der Waals surface area (Å²) in [5, 5.41) is 4.31. The highest BCUT2D eigenvalue weighted by molar-refractivity contribution is 7.16. The molecular formula is C14H13ClN4S. The molecule has 6 heteroatoms. The number of nitrogens with one attached hydrogen (secondary N) is 1. The molecule has 0 aliphatic carbocycles. The Kier molecular flexibility index (Phi) is 3.71. The number of hydrogen-bond acceptors (Lipinski definition) is 5. The molecule has 102 valence electrons. The molecule has 3 rings (SSSR count). The number of nitrogens with zero attached hydrogens (tertiary/aromatic N) is 2. The lowest BCUT2D eigenvalue weighted by molar-refractivity contribution is 1.03. The molecule has 0 saturated heterocycles. The predicted molar refractivity (Wildman–Crippen MR) is 85.5 cm³/mol. The standard InChI is InChI=1S/C14H13ClN4S/c15-13-4-2-10(20-13)5-6-17-14-11-3-1-9(16)7-12(11)18-8-19-14/h1-4,7-8H,5-6,16H2,(H,17,18,19). The first-order valence-corrected chi connectivity index (χ1v) is 7.40. The van der Waals surface area contributed by atoms with Crippen molar-refractivity contribution in [3.63, 3.8) is 0 Å². The number of benzene rings is 1. The van der Waals surface area contributed by atoms with E-state index in [1.807, 2.05) is 30.3 Å². The van der Waals surface area contributed by atoms with Crippen molar-refractivity contribution in [2.45, 2.75) is 6.42 Å². The Hall–Kier alpha value is -1.85. The molecule has 3 N–H and O–H groups in total.